The van der Waals surface area contributed by atoms with Crippen LogP contribution in [0.1, 0.15) is 22.9 Å². The van der Waals surface area contributed by atoms with Crippen molar-refractivity contribution in [3.63, 3.8) is 0 Å². The summed E-state index contributed by atoms with van der Waals surface area (Å²) in [6.45, 7) is 1.86. The Morgan fingerprint density at radius 3 is 2.41 bits per heavy atom. The first-order valence-electron chi connectivity index (χ1n) is 10.6. The van der Waals surface area contributed by atoms with Crippen molar-refractivity contribution in [3.8, 4) is 0 Å². The van der Waals surface area contributed by atoms with E-state index in [9.17, 15) is 14.4 Å². The maximum atomic E-state index is 13.1. The van der Waals surface area contributed by atoms with Crippen LogP contribution in [-0.4, -0.2) is 21.7 Å². The molecular weight excluding hydrogens is 454 g/mol. The third kappa shape index (κ3) is 5.00. The van der Waals surface area contributed by atoms with Crippen molar-refractivity contribution in [1.82, 2.24) is 9.78 Å². The first-order chi connectivity index (χ1) is 16.3. The van der Waals surface area contributed by atoms with Crippen LogP contribution in [0.25, 0.3) is 10.8 Å². The first kappa shape index (κ1) is 23.2. The van der Waals surface area contributed by atoms with Crippen LogP contribution < -0.4 is 10.9 Å². The SMILES string of the molecule is Cc1ccc(NC(=O)C(OC(=O)Cc2nn(C)c(=O)c3ccccc23)c2ccccc2)cc1Cl. The Morgan fingerprint density at radius 1 is 1.03 bits per heavy atom. The maximum Gasteiger partial charge on any atom is 0.313 e. The molecule has 0 aliphatic carbocycles. The number of nitrogens with one attached hydrogen (secondary N) is 1. The Morgan fingerprint density at radius 2 is 1.71 bits per heavy atom. The number of hydrogen-bond acceptors (Lipinski definition) is 5. The minimum atomic E-state index is -1.19. The van der Waals surface area contributed by atoms with Gasteiger partial charge in [-0.3, -0.25) is 14.4 Å². The molecule has 0 saturated carbocycles. The van der Waals surface area contributed by atoms with E-state index in [1.807, 2.05) is 6.92 Å². The number of rotatable bonds is 6. The molecule has 0 bridgehead atoms. The standard InChI is InChI=1S/C26H22ClN3O4/c1-16-12-13-18(14-21(16)27)28-25(32)24(17-8-4-3-5-9-17)34-23(31)15-22-19-10-6-7-11-20(19)26(33)30(2)29-22/h3-14,24H,15H2,1-2H3,(H,28,32). The van der Waals surface area contributed by atoms with Crippen molar-refractivity contribution in [3.05, 3.63) is 105 Å². The molecule has 1 unspecified atom stereocenters. The first-order valence-corrected chi connectivity index (χ1v) is 11.0. The second kappa shape index (κ2) is 9.89. The molecule has 8 heteroatoms. The van der Waals surface area contributed by atoms with Crippen LogP contribution in [0, 0.1) is 6.92 Å². The fraction of sp³-hybridized carbons (Fsp3) is 0.154. The molecule has 1 heterocycles. The van der Waals surface area contributed by atoms with Crippen LogP contribution in [0.15, 0.2) is 77.6 Å². The van der Waals surface area contributed by atoms with Crippen molar-refractivity contribution < 1.29 is 14.3 Å². The predicted octanol–water partition coefficient (Wildman–Crippen LogP) is 4.36. The highest BCUT2D eigenvalue weighted by Crippen LogP contribution is 2.24. The zero-order valence-corrected chi connectivity index (χ0v) is 19.4. The predicted molar refractivity (Wildman–Crippen MR) is 131 cm³/mol. The number of anilines is 1. The van der Waals surface area contributed by atoms with Crippen molar-refractivity contribution in [2.24, 2.45) is 7.05 Å². The highest BCUT2D eigenvalue weighted by molar-refractivity contribution is 6.31. The molecule has 1 aromatic heterocycles. The fourth-order valence-electron chi connectivity index (χ4n) is 3.60. The Bertz CT molecular complexity index is 1430. The molecule has 1 N–H and O–H groups in total. The average Bonchev–Trinajstić information content (AvgIpc) is 2.83. The van der Waals surface area contributed by atoms with Crippen LogP contribution in [0.2, 0.25) is 5.02 Å². The lowest BCUT2D eigenvalue weighted by molar-refractivity contribution is -0.154. The van der Waals surface area contributed by atoms with Gasteiger partial charge in [-0.2, -0.15) is 5.10 Å². The summed E-state index contributed by atoms with van der Waals surface area (Å²) in [7, 11) is 1.52. The summed E-state index contributed by atoms with van der Waals surface area (Å²) in [4.78, 5) is 38.4. The zero-order valence-electron chi connectivity index (χ0n) is 18.6. The van der Waals surface area contributed by atoms with Crippen molar-refractivity contribution >= 4 is 39.9 Å². The summed E-state index contributed by atoms with van der Waals surface area (Å²) in [5, 5.41) is 8.54. The molecule has 1 atom stereocenters. The van der Waals surface area contributed by atoms with E-state index < -0.39 is 18.0 Å². The molecular formula is C26H22ClN3O4. The lowest BCUT2D eigenvalue weighted by atomic mass is 10.1. The fourth-order valence-corrected chi connectivity index (χ4v) is 3.78. The number of carbonyl (C=O) groups is 2. The number of amides is 1. The molecule has 0 aliphatic heterocycles. The van der Waals surface area contributed by atoms with E-state index in [1.165, 1.54) is 11.7 Å². The van der Waals surface area contributed by atoms with E-state index in [0.29, 0.717) is 32.7 Å². The van der Waals surface area contributed by atoms with Gasteiger partial charge in [-0.15, -0.1) is 0 Å². The molecule has 0 aliphatic rings. The molecule has 0 spiro atoms. The van der Waals surface area contributed by atoms with Crippen molar-refractivity contribution in [1.29, 1.82) is 0 Å². The number of ether oxygens (including phenoxy) is 1. The van der Waals surface area contributed by atoms with Gasteiger partial charge in [0.2, 0.25) is 6.10 Å². The molecule has 0 fully saturated rings. The minimum absolute atomic E-state index is 0.207. The van der Waals surface area contributed by atoms with Crippen molar-refractivity contribution in [2.75, 3.05) is 5.32 Å². The summed E-state index contributed by atoms with van der Waals surface area (Å²) < 4.78 is 6.82. The number of esters is 1. The van der Waals surface area contributed by atoms with Gasteiger partial charge in [-0.05, 0) is 30.7 Å². The lowest BCUT2D eigenvalue weighted by Gasteiger charge is -2.18. The highest BCUT2D eigenvalue weighted by Gasteiger charge is 2.26. The second-order valence-corrected chi connectivity index (χ2v) is 8.24. The minimum Gasteiger partial charge on any atom is -0.447 e. The van der Waals surface area contributed by atoms with Gasteiger partial charge in [0.05, 0.1) is 17.5 Å². The van der Waals surface area contributed by atoms with E-state index in [0.717, 1.165) is 5.56 Å². The van der Waals surface area contributed by atoms with Gasteiger partial charge in [0.15, 0.2) is 0 Å². The van der Waals surface area contributed by atoms with Crippen LogP contribution in [-0.2, 0) is 27.8 Å². The number of carbonyl (C=O) groups excluding carboxylic acids is 2. The maximum absolute atomic E-state index is 13.1. The number of benzene rings is 3. The van der Waals surface area contributed by atoms with Crippen molar-refractivity contribution in [2.45, 2.75) is 19.4 Å². The van der Waals surface area contributed by atoms with Gasteiger partial charge >= 0.3 is 5.97 Å². The van der Waals surface area contributed by atoms with Gasteiger partial charge in [0.25, 0.3) is 11.5 Å². The van der Waals surface area contributed by atoms with E-state index >= 15 is 0 Å². The third-order valence-corrected chi connectivity index (χ3v) is 5.78. The average molecular weight is 476 g/mol. The molecule has 34 heavy (non-hydrogen) atoms. The highest BCUT2D eigenvalue weighted by atomic mass is 35.5. The summed E-state index contributed by atoms with van der Waals surface area (Å²) in [6, 6.07) is 20.8. The van der Waals surface area contributed by atoms with Crippen LogP contribution >= 0.6 is 11.6 Å². The largest absolute Gasteiger partial charge is 0.447 e. The molecule has 4 aromatic rings. The quantitative estimate of drug-likeness (QED) is 0.418. The molecule has 1 amide bonds. The normalized spacial score (nSPS) is 11.7. The number of halogens is 1. The van der Waals surface area contributed by atoms with Crippen LogP contribution in [0.5, 0.6) is 0 Å². The monoisotopic (exact) mass is 475 g/mol. The Balaban J connectivity index is 1.60. The van der Waals surface area contributed by atoms with Gasteiger partial charge in [0.1, 0.15) is 0 Å². The topological polar surface area (TPSA) is 90.3 Å². The van der Waals surface area contributed by atoms with E-state index in [-0.39, 0.29) is 12.0 Å². The van der Waals surface area contributed by atoms with Crippen LogP contribution in [0.3, 0.4) is 0 Å². The smallest absolute Gasteiger partial charge is 0.313 e. The van der Waals surface area contributed by atoms with Crippen LogP contribution in [0.4, 0.5) is 5.69 Å². The third-order valence-electron chi connectivity index (χ3n) is 5.37. The Labute approximate surface area is 200 Å². The summed E-state index contributed by atoms with van der Waals surface area (Å²) >= 11 is 6.17. The number of aryl methyl sites for hydroxylation is 2. The molecule has 3 aromatic carbocycles. The van der Waals surface area contributed by atoms with Gasteiger partial charge in [0, 0.05) is 28.7 Å². The number of nitrogens with zero attached hydrogens (tertiary/aromatic N) is 2. The van der Waals surface area contributed by atoms with E-state index in [2.05, 4.69) is 10.4 Å². The summed E-state index contributed by atoms with van der Waals surface area (Å²) in [6.07, 6.45) is -1.39. The molecule has 0 radical (unpaired) electrons. The zero-order chi connectivity index (χ0) is 24.2. The summed E-state index contributed by atoms with van der Waals surface area (Å²) in [5.41, 5.74) is 2.02. The molecule has 0 saturated heterocycles. The second-order valence-electron chi connectivity index (χ2n) is 7.83. The number of hydrogen-bond donors (Lipinski definition) is 1. The molecule has 172 valence electrons. The lowest BCUT2D eigenvalue weighted by Crippen LogP contribution is -2.27. The van der Waals surface area contributed by atoms with E-state index in [1.54, 1.807) is 72.8 Å². The number of aromatic nitrogens is 2. The van der Waals surface area contributed by atoms with E-state index in [4.69, 9.17) is 16.3 Å². The Kier molecular flexibility index (Phi) is 6.75. The van der Waals surface area contributed by atoms with Gasteiger partial charge in [-0.1, -0.05) is 66.2 Å². The summed E-state index contributed by atoms with van der Waals surface area (Å²) in [5.74, 6) is -1.17. The molecule has 7 nitrogen and oxygen atoms in total. The number of fused-ring (bicyclic) bond motifs is 1. The molecule has 4 rings (SSSR count). The van der Waals surface area contributed by atoms with Gasteiger partial charge in [-0.25, -0.2) is 4.68 Å². The Hall–Kier alpha value is -3.97. The van der Waals surface area contributed by atoms with Gasteiger partial charge < -0.3 is 10.1 Å².